The van der Waals surface area contributed by atoms with E-state index in [2.05, 4.69) is 11.0 Å². The first-order valence-corrected chi connectivity index (χ1v) is 10.7. The molecule has 1 saturated heterocycles. The largest absolute Gasteiger partial charge is 0.497 e. The third-order valence-corrected chi connectivity index (χ3v) is 5.84. The van der Waals surface area contributed by atoms with Gasteiger partial charge in [0.2, 0.25) is 0 Å². The van der Waals surface area contributed by atoms with Crippen LogP contribution in [0.5, 0.6) is 17.2 Å². The fourth-order valence-corrected chi connectivity index (χ4v) is 4.27. The number of ether oxygens (including phenoxy) is 3. The molecule has 1 aliphatic heterocycles. The van der Waals surface area contributed by atoms with E-state index in [0.717, 1.165) is 36.5 Å². The molecule has 0 unspecified atom stereocenters. The minimum atomic E-state index is -0.133. The summed E-state index contributed by atoms with van der Waals surface area (Å²) in [5, 5.41) is 0. The summed E-state index contributed by atoms with van der Waals surface area (Å²) in [6, 6.07) is 11.2. The molecule has 2 aromatic carbocycles. The van der Waals surface area contributed by atoms with Gasteiger partial charge in [-0.05, 0) is 42.0 Å². The van der Waals surface area contributed by atoms with Crippen molar-refractivity contribution in [3.63, 3.8) is 0 Å². The maximum Gasteiger partial charge on any atom is 0.189 e. The van der Waals surface area contributed by atoms with Crippen molar-refractivity contribution >= 4 is 23.6 Å². The Morgan fingerprint density at radius 2 is 1.72 bits per heavy atom. The lowest BCUT2D eigenvalue weighted by Gasteiger charge is -2.26. The first-order chi connectivity index (χ1) is 14.1. The third-order valence-electron chi connectivity index (χ3n) is 4.90. The highest BCUT2D eigenvalue weighted by atomic mass is 32.2. The van der Waals surface area contributed by atoms with Crippen LogP contribution >= 0.6 is 11.8 Å². The van der Waals surface area contributed by atoms with Crippen molar-refractivity contribution in [3.8, 4) is 17.2 Å². The highest BCUT2D eigenvalue weighted by Gasteiger charge is 2.14. The Bertz CT molecular complexity index is 875. The Balaban J connectivity index is 1.79. The number of thioether (sulfide) groups is 1. The second-order valence-corrected chi connectivity index (χ2v) is 7.95. The Labute approximate surface area is 176 Å². The van der Waals surface area contributed by atoms with E-state index in [1.807, 2.05) is 30.0 Å². The number of allylic oxidation sites excluding steroid dienone is 1. The molecule has 0 spiro atoms. The third kappa shape index (κ3) is 5.55. The number of carbonyl (C=O) groups excluding carboxylic acids is 1. The Hall–Kier alpha value is -2.44. The fourth-order valence-electron chi connectivity index (χ4n) is 3.29. The zero-order chi connectivity index (χ0) is 20.6. The normalized spacial score (nSPS) is 14.7. The Morgan fingerprint density at radius 1 is 1.00 bits per heavy atom. The summed E-state index contributed by atoms with van der Waals surface area (Å²) >= 11 is 2.00. The van der Waals surface area contributed by atoms with Gasteiger partial charge >= 0.3 is 0 Å². The maximum atomic E-state index is 12.7. The van der Waals surface area contributed by atoms with Gasteiger partial charge in [0.05, 0.1) is 26.9 Å². The molecular formula is C23H27NO4S. The molecule has 5 nitrogen and oxygen atoms in total. The van der Waals surface area contributed by atoms with Crippen LogP contribution < -0.4 is 14.2 Å². The lowest BCUT2D eigenvalue weighted by atomic mass is 10.1. The van der Waals surface area contributed by atoms with Gasteiger partial charge in [-0.15, -0.1) is 0 Å². The van der Waals surface area contributed by atoms with Gasteiger partial charge < -0.3 is 14.2 Å². The molecule has 0 N–H and O–H groups in total. The van der Waals surface area contributed by atoms with Crippen molar-refractivity contribution in [3.05, 3.63) is 59.2 Å². The summed E-state index contributed by atoms with van der Waals surface area (Å²) in [6.07, 6.45) is 3.40. The topological polar surface area (TPSA) is 48.0 Å². The number of hydrogen-bond acceptors (Lipinski definition) is 6. The van der Waals surface area contributed by atoms with E-state index in [1.54, 1.807) is 45.6 Å². The molecule has 0 saturated carbocycles. The van der Waals surface area contributed by atoms with Gasteiger partial charge in [-0.25, -0.2) is 0 Å². The first-order valence-electron chi connectivity index (χ1n) is 9.56. The second kappa shape index (κ2) is 10.4. The number of rotatable bonds is 8. The zero-order valence-corrected chi connectivity index (χ0v) is 18.0. The average Bonchev–Trinajstić information content (AvgIpc) is 2.77. The van der Waals surface area contributed by atoms with Crippen LogP contribution in [0.1, 0.15) is 21.5 Å². The van der Waals surface area contributed by atoms with Gasteiger partial charge in [-0.1, -0.05) is 12.1 Å². The molecule has 1 aliphatic rings. The van der Waals surface area contributed by atoms with Crippen LogP contribution in [0.15, 0.2) is 42.5 Å². The van der Waals surface area contributed by atoms with Crippen LogP contribution in [0.2, 0.25) is 0 Å². The van der Waals surface area contributed by atoms with Gasteiger partial charge in [0.25, 0.3) is 0 Å². The minimum Gasteiger partial charge on any atom is -0.497 e. The summed E-state index contributed by atoms with van der Waals surface area (Å²) in [4.78, 5) is 15.2. The molecule has 29 heavy (non-hydrogen) atoms. The molecular weight excluding hydrogens is 386 g/mol. The molecule has 1 fully saturated rings. The predicted octanol–water partition coefficient (Wildman–Crippen LogP) is 4.16. The molecule has 2 aromatic rings. The van der Waals surface area contributed by atoms with Crippen molar-refractivity contribution < 1.29 is 19.0 Å². The zero-order valence-electron chi connectivity index (χ0n) is 17.1. The van der Waals surface area contributed by atoms with E-state index in [4.69, 9.17) is 14.2 Å². The highest BCUT2D eigenvalue weighted by molar-refractivity contribution is 7.99. The van der Waals surface area contributed by atoms with E-state index in [-0.39, 0.29) is 5.78 Å². The molecule has 3 rings (SSSR count). The van der Waals surface area contributed by atoms with Crippen molar-refractivity contribution in [2.45, 2.75) is 6.54 Å². The molecule has 1 heterocycles. The van der Waals surface area contributed by atoms with Crippen LogP contribution in [0, 0.1) is 0 Å². The second-order valence-electron chi connectivity index (χ2n) is 6.72. The summed E-state index contributed by atoms with van der Waals surface area (Å²) in [5.41, 5.74) is 2.57. The number of benzene rings is 2. The van der Waals surface area contributed by atoms with Crippen LogP contribution in [-0.2, 0) is 6.54 Å². The van der Waals surface area contributed by atoms with E-state index < -0.39 is 0 Å². The van der Waals surface area contributed by atoms with Crippen molar-refractivity contribution in [2.75, 3.05) is 45.9 Å². The van der Waals surface area contributed by atoms with Gasteiger partial charge in [0, 0.05) is 36.7 Å². The molecule has 0 atom stereocenters. The lowest BCUT2D eigenvalue weighted by Crippen LogP contribution is -2.32. The Kier molecular flexibility index (Phi) is 7.61. The number of methoxy groups -OCH3 is 3. The maximum absolute atomic E-state index is 12.7. The Morgan fingerprint density at radius 3 is 2.41 bits per heavy atom. The molecule has 0 aliphatic carbocycles. The molecule has 0 bridgehead atoms. The van der Waals surface area contributed by atoms with Crippen LogP contribution in [0.4, 0.5) is 0 Å². The van der Waals surface area contributed by atoms with Crippen molar-refractivity contribution in [1.29, 1.82) is 0 Å². The first kappa shape index (κ1) is 21.3. The molecule has 6 heteroatoms. The molecule has 0 radical (unpaired) electrons. The molecule has 0 aromatic heterocycles. The van der Waals surface area contributed by atoms with Crippen LogP contribution in [-0.4, -0.2) is 56.6 Å². The lowest BCUT2D eigenvalue weighted by molar-refractivity contribution is 0.104. The summed E-state index contributed by atoms with van der Waals surface area (Å²) < 4.78 is 16.1. The number of hydrogen-bond donors (Lipinski definition) is 0. The minimum absolute atomic E-state index is 0.133. The summed E-state index contributed by atoms with van der Waals surface area (Å²) in [7, 11) is 4.82. The smallest absolute Gasteiger partial charge is 0.189 e. The van der Waals surface area contributed by atoms with Gasteiger partial charge in [0.1, 0.15) is 17.2 Å². The van der Waals surface area contributed by atoms with E-state index >= 15 is 0 Å². The van der Waals surface area contributed by atoms with Crippen LogP contribution in [0.3, 0.4) is 0 Å². The van der Waals surface area contributed by atoms with Crippen molar-refractivity contribution in [2.24, 2.45) is 0 Å². The molecule has 154 valence electrons. The number of carbonyl (C=O) groups is 1. The van der Waals surface area contributed by atoms with Crippen molar-refractivity contribution in [1.82, 2.24) is 4.90 Å². The average molecular weight is 414 g/mol. The predicted molar refractivity (Wildman–Crippen MR) is 119 cm³/mol. The van der Waals surface area contributed by atoms with E-state index in [1.165, 1.54) is 11.5 Å². The van der Waals surface area contributed by atoms with E-state index in [9.17, 15) is 4.79 Å². The monoisotopic (exact) mass is 413 g/mol. The number of ketones is 1. The van der Waals surface area contributed by atoms with E-state index in [0.29, 0.717) is 17.1 Å². The highest BCUT2D eigenvalue weighted by Crippen LogP contribution is 2.26. The standard InChI is InChI=1S/C23H27NO4S/c1-26-19-6-9-23(28-3)20(15-19)21(25)7-4-17-5-8-22(27-2)18(14-17)16-24-10-12-29-13-11-24/h4-9,14-15H,10-13,16H2,1-3H3/b7-4+. The van der Waals surface area contributed by atoms with Gasteiger partial charge in [-0.3, -0.25) is 9.69 Å². The summed E-state index contributed by atoms with van der Waals surface area (Å²) in [6.45, 7) is 3.02. The molecule has 0 amide bonds. The van der Waals surface area contributed by atoms with Gasteiger partial charge in [-0.2, -0.15) is 11.8 Å². The van der Waals surface area contributed by atoms with Crippen LogP contribution in [0.25, 0.3) is 6.08 Å². The fraction of sp³-hybridized carbons (Fsp3) is 0.348. The quantitative estimate of drug-likeness (QED) is 0.478. The SMILES string of the molecule is COc1ccc(OC)c(C(=O)/C=C/c2ccc(OC)c(CN3CCSCC3)c2)c1. The summed E-state index contributed by atoms with van der Waals surface area (Å²) in [5.74, 6) is 4.22. The number of nitrogens with zero attached hydrogens (tertiary/aromatic N) is 1. The van der Waals surface area contributed by atoms with Gasteiger partial charge in [0.15, 0.2) is 5.78 Å².